The van der Waals surface area contributed by atoms with Crippen molar-refractivity contribution in [2.75, 3.05) is 0 Å². The van der Waals surface area contributed by atoms with Gasteiger partial charge in [-0.25, -0.2) is 0 Å². The summed E-state index contributed by atoms with van der Waals surface area (Å²) < 4.78 is 2.57. The van der Waals surface area contributed by atoms with Gasteiger partial charge in [0.1, 0.15) is 0 Å². The number of hydrogen-bond acceptors (Lipinski definition) is 3. The van der Waals surface area contributed by atoms with E-state index in [0.29, 0.717) is 11.3 Å². The predicted molar refractivity (Wildman–Crippen MR) is 85.5 cm³/mol. The molecule has 1 aromatic heterocycles. The number of rotatable bonds is 4. The zero-order chi connectivity index (χ0) is 15.3. The van der Waals surface area contributed by atoms with E-state index in [1.54, 1.807) is 0 Å². The molecule has 0 radical (unpaired) electrons. The smallest absolute Gasteiger partial charge is 0.226 e. The molecule has 1 heterocycles. The Morgan fingerprint density at radius 3 is 2.45 bits per heavy atom. The first kappa shape index (κ1) is 14.4. The quantitative estimate of drug-likeness (QED) is 0.839. The van der Waals surface area contributed by atoms with E-state index in [2.05, 4.69) is 15.5 Å². The molecule has 0 aromatic carbocycles. The molecule has 4 fully saturated rings. The van der Waals surface area contributed by atoms with Crippen molar-refractivity contribution in [1.29, 1.82) is 0 Å². The lowest BCUT2D eigenvalue weighted by atomic mass is 9.49. The maximum Gasteiger partial charge on any atom is 0.226 e. The number of aromatic nitrogens is 3. The van der Waals surface area contributed by atoms with Gasteiger partial charge >= 0.3 is 0 Å². The number of carbonyl (C=O) groups excluding carboxylic acids is 1. The van der Waals surface area contributed by atoms with Crippen LogP contribution in [-0.4, -0.2) is 20.7 Å². The van der Waals surface area contributed by atoms with Gasteiger partial charge in [0.05, 0.1) is 6.54 Å². The third kappa shape index (κ3) is 2.23. The summed E-state index contributed by atoms with van der Waals surface area (Å²) in [6, 6.07) is 0. The average Bonchev–Trinajstić information content (AvgIpc) is 2.83. The summed E-state index contributed by atoms with van der Waals surface area (Å²) in [5.41, 5.74) is -0.0844. The first-order valence-electron chi connectivity index (χ1n) is 8.52. The van der Waals surface area contributed by atoms with E-state index >= 15 is 0 Å². The molecular weight excluding hydrogens is 296 g/mol. The molecule has 0 unspecified atom stereocenters. The van der Waals surface area contributed by atoms with E-state index in [1.807, 2.05) is 11.5 Å². The zero-order valence-corrected chi connectivity index (χ0v) is 13.9. The molecule has 0 atom stereocenters. The minimum Gasteiger partial charge on any atom is -0.348 e. The van der Waals surface area contributed by atoms with Crippen LogP contribution in [0.15, 0.2) is 0 Å². The number of nitrogens with zero attached hydrogens (tertiary/aromatic N) is 2. The molecule has 5 rings (SSSR count). The Bertz CT molecular complexity index is 612. The molecule has 1 amide bonds. The maximum atomic E-state index is 12.9. The Balaban J connectivity index is 1.47. The minimum absolute atomic E-state index is 0.0844. The molecular formula is C16H24N4OS. The van der Waals surface area contributed by atoms with Crippen LogP contribution in [0.3, 0.4) is 0 Å². The standard InChI is InChI=1S/C16H24N4OS/c1-2-20-13(18-19-15(20)22)9-17-14(21)16-6-10-3-11(7-16)5-12(4-10)8-16/h10-12H,2-9H2,1H3,(H,17,21)(H,19,22). The Morgan fingerprint density at radius 2 is 1.91 bits per heavy atom. The van der Waals surface area contributed by atoms with Crippen LogP contribution in [0.25, 0.3) is 0 Å². The number of amides is 1. The molecule has 120 valence electrons. The predicted octanol–water partition coefficient (Wildman–Crippen LogP) is 2.79. The maximum absolute atomic E-state index is 12.9. The topological polar surface area (TPSA) is 62.7 Å². The Kier molecular flexibility index (Phi) is 3.40. The number of H-pyrrole nitrogens is 1. The first-order chi connectivity index (χ1) is 10.6. The van der Waals surface area contributed by atoms with Crippen LogP contribution in [-0.2, 0) is 17.9 Å². The molecule has 4 aliphatic rings. The lowest BCUT2D eigenvalue weighted by Gasteiger charge is -2.55. The number of carbonyl (C=O) groups is 1. The Hall–Kier alpha value is -1.17. The fraction of sp³-hybridized carbons (Fsp3) is 0.812. The van der Waals surface area contributed by atoms with Crippen molar-refractivity contribution in [3.8, 4) is 0 Å². The molecule has 2 N–H and O–H groups in total. The van der Waals surface area contributed by atoms with Gasteiger partial charge in [-0.3, -0.25) is 9.89 Å². The van der Waals surface area contributed by atoms with Gasteiger partial charge in [0.15, 0.2) is 10.6 Å². The van der Waals surface area contributed by atoms with E-state index in [4.69, 9.17) is 12.2 Å². The largest absolute Gasteiger partial charge is 0.348 e. The molecule has 22 heavy (non-hydrogen) atoms. The van der Waals surface area contributed by atoms with Gasteiger partial charge < -0.3 is 9.88 Å². The van der Waals surface area contributed by atoms with E-state index < -0.39 is 0 Å². The number of hydrogen-bond donors (Lipinski definition) is 2. The molecule has 4 saturated carbocycles. The third-order valence-corrected chi connectivity index (χ3v) is 6.39. The highest BCUT2D eigenvalue weighted by molar-refractivity contribution is 7.71. The van der Waals surface area contributed by atoms with Crippen LogP contribution in [0.4, 0.5) is 0 Å². The van der Waals surface area contributed by atoms with Crippen molar-refractivity contribution in [2.45, 2.75) is 58.5 Å². The molecule has 4 aliphatic carbocycles. The Labute approximate surface area is 135 Å². The summed E-state index contributed by atoms with van der Waals surface area (Å²) in [5.74, 6) is 3.46. The molecule has 4 bridgehead atoms. The minimum atomic E-state index is -0.0844. The van der Waals surface area contributed by atoms with E-state index in [0.717, 1.165) is 49.4 Å². The number of nitrogens with one attached hydrogen (secondary N) is 2. The van der Waals surface area contributed by atoms with Crippen molar-refractivity contribution < 1.29 is 4.79 Å². The second kappa shape index (κ2) is 5.18. The Morgan fingerprint density at radius 1 is 1.32 bits per heavy atom. The van der Waals surface area contributed by atoms with Crippen molar-refractivity contribution in [3.63, 3.8) is 0 Å². The normalized spacial score (nSPS) is 35.8. The highest BCUT2D eigenvalue weighted by Gasteiger charge is 2.54. The van der Waals surface area contributed by atoms with Crippen molar-refractivity contribution in [3.05, 3.63) is 10.6 Å². The van der Waals surface area contributed by atoms with Gasteiger partial charge in [-0.15, -0.1) is 0 Å². The highest BCUT2D eigenvalue weighted by atomic mass is 32.1. The van der Waals surface area contributed by atoms with Crippen LogP contribution < -0.4 is 5.32 Å². The van der Waals surface area contributed by atoms with Gasteiger partial charge in [0.2, 0.25) is 5.91 Å². The van der Waals surface area contributed by atoms with E-state index in [-0.39, 0.29) is 11.3 Å². The summed E-state index contributed by atoms with van der Waals surface area (Å²) >= 11 is 5.20. The first-order valence-corrected chi connectivity index (χ1v) is 8.93. The monoisotopic (exact) mass is 320 g/mol. The molecule has 6 heteroatoms. The van der Waals surface area contributed by atoms with Crippen LogP contribution >= 0.6 is 12.2 Å². The van der Waals surface area contributed by atoms with Crippen LogP contribution in [0.5, 0.6) is 0 Å². The second-order valence-corrected chi connectivity index (χ2v) is 7.96. The lowest BCUT2D eigenvalue weighted by molar-refractivity contribution is -0.146. The van der Waals surface area contributed by atoms with Gasteiger partial charge in [-0.2, -0.15) is 5.10 Å². The number of aromatic amines is 1. The van der Waals surface area contributed by atoms with Gasteiger partial charge in [-0.1, -0.05) is 0 Å². The summed E-state index contributed by atoms with van der Waals surface area (Å²) in [7, 11) is 0. The third-order valence-electron chi connectivity index (χ3n) is 6.08. The summed E-state index contributed by atoms with van der Waals surface area (Å²) in [4.78, 5) is 12.9. The second-order valence-electron chi connectivity index (χ2n) is 7.57. The lowest BCUT2D eigenvalue weighted by Crippen LogP contribution is -2.53. The summed E-state index contributed by atoms with van der Waals surface area (Å²) in [6.45, 7) is 3.29. The molecule has 0 aliphatic heterocycles. The van der Waals surface area contributed by atoms with Crippen LogP contribution in [0.1, 0.15) is 51.3 Å². The van der Waals surface area contributed by atoms with E-state index in [1.165, 1.54) is 19.3 Å². The average molecular weight is 320 g/mol. The summed E-state index contributed by atoms with van der Waals surface area (Å²) in [6.07, 6.45) is 7.39. The zero-order valence-electron chi connectivity index (χ0n) is 13.1. The van der Waals surface area contributed by atoms with E-state index in [9.17, 15) is 4.79 Å². The van der Waals surface area contributed by atoms with Crippen molar-refractivity contribution in [1.82, 2.24) is 20.1 Å². The van der Waals surface area contributed by atoms with Crippen molar-refractivity contribution >= 4 is 18.1 Å². The molecule has 0 spiro atoms. The summed E-state index contributed by atoms with van der Waals surface area (Å²) in [5, 5.41) is 10.2. The molecule has 0 saturated heterocycles. The van der Waals surface area contributed by atoms with Gasteiger partial charge in [0.25, 0.3) is 0 Å². The van der Waals surface area contributed by atoms with Crippen LogP contribution in [0, 0.1) is 27.9 Å². The van der Waals surface area contributed by atoms with Crippen molar-refractivity contribution in [2.24, 2.45) is 23.2 Å². The van der Waals surface area contributed by atoms with Crippen LogP contribution in [0.2, 0.25) is 0 Å². The fourth-order valence-electron chi connectivity index (χ4n) is 5.55. The molecule has 5 nitrogen and oxygen atoms in total. The SMILES string of the molecule is CCn1c(CNC(=O)C23CC4CC(CC(C4)C2)C3)n[nH]c1=S. The fourth-order valence-corrected chi connectivity index (χ4v) is 5.83. The van der Waals surface area contributed by atoms with Gasteiger partial charge in [-0.05, 0) is 75.4 Å². The highest BCUT2D eigenvalue weighted by Crippen LogP contribution is 2.60. The molecule has 1 aromatic rings. The van der Waals surface area contributed by atoms with Gasteiger partial charge in [0, 0.05) is 12.0 Å².